The van der Waals surface area contributed by atoms with Gasteiger partial charge in [-0.25, -0.2) is 0 Å². The Balaban J connectivity index is 1.20. The molecule has 1 fully saturated rings. The number of aromatic nitrogens is 1. The zero-order valence-electron chi connectivity index (χ0n) is 18.6. The van der Waals surface area contributed by atoms with Crippen LogP contribution in [-0.2, 0) is 4.79 Å². The van der Waals surface area contributed by atoms with Crippen LogP contribution in [0.5, 0.6) is 5.75 Å². The van der Waals surface area contributed by atoms with Crippen molar-refractivity contribution in [3.63, 3.8) is 0 Å². The summed E-state index contributed by atoms with van der Waals surface area (Å²) in [5.41, 5.74) is 10.3. The zero-order valence-corrected chi connectivity index (χ0v) is 18.6. The standard InChI is InChI=1S/C25H31N5O2/c1-32-23-4-2-3-21-19(16-30(25(21)23)17-24(26)31)8-10-28-11-13-29(14-12-28)20-5-6-22-18(15-20)7-9-27-22/h2-7,9,15,19,27H,8,10-14,16-17H2,1H3,(H2,26,31). The molecule has 1 saturated heterocycles. The first-order valence-electron chi connectivity index (χ1n) is 11.4. The lowest BCUT2D eigenvalue weighted by Crippen LogP contribution is -2.46. The molecule has 0 spiro atoms. The molecule has 2 aromatic carbocycles. The molecule has 0 saturated carbocycles. The van der Waals surface area contributed by atoms with E-state index < -0.39 is 0 Å². The SMILES string of the molecule is COc1cccc2c1N(CC(N)=O)CC2CCN1CCN(c2ccc3[nH]ccc3c2)CC1. The molecule has 3 heterocycles. The third-order valence-corrected chi connectivity index (χ3v) is 6.86. The summed E-state index contributed by atoms with van der Waals surface area (Å²) < 4.78 is 5.58. The molecule has 0 aliphatic carbocycles. The van der Waals surface area contributed by atoms with Crippen LogP contribution < -0.4 is 20.3 Å². The lowest BCUT2D eigenvalue weighted by Gasteiger charge is -2.36. The molecule has 7 nitrogen and oxygen atoms in total. The van der Waals surface area contributed by atoms with Crippen molar-refractivity contribution in [2.75, 3.05) is 62.7 Å². The Hall–Kier alpha value is -3.19. The Morgan fingerprint density at radius 2 is 2.00 bits per heavy atom. The van der Waals surface area contributed by atoms with Crippen LogP contribution >= 0.6 is 0 Å². The van der Waals surface area contributed by atoms with Gasteiger partial charge in [0.25, 0.3) is 0 Å². The molecule has 1 atom stereocenters. The van der Waals surface area contributed by atoms with Gasteiger partial charge in [-0.2, -0.15) is 0 Å². The molecular formula is C25H31N5O2. The van der Waals surface area contributed by atoms with Crippen LogP contribution in [-0.4, -0.2) is 68.7 Å². The number of hydrogen-bond donors (Lipinski definition) is 2. The number of methoxy groups -OCH3 is 1. The summed E-state index contributed by atoms with van der Waals surface area (Å²) in [6.45, 7) is 6.30. The molecule has 7 heteroatoms. The Kier molecular flexibility index (Phi) is 5.66. The Bertz CT molecular complexity index is 1100. The fourth-order valence-corrected chi connectivity index (χ4v) is 5.21. The number of aromatic amines is 1. The van der Waals surface area contributed by atoms with Crippen molar-refractivity contribution in [2.45, 2.75) is 12.3 Å². The van der Waals surface area contributed by atoms with E-state index in [4.69, 9.17) is 10.5 Å². The van der Waals surface area contributed by atoms with Crippen molar-refractivity contribution in [1.29, 1.82) is 0 Å². The van der Waals surface area contributed by atoms with Crippen molar-refractivity contribution in [3.05, 3.63) is 54.2 Å². The van der Waals surface area contributed by atoms with Crippen LogP contribution in [0.15, 0.2) is 48.7 Å². The van der Waals surface area contributed by atoms with E-state index in [-0.39, 0.29) is 12.5 Å². The lowest BCUT2D eigenvalue weighted by molar-refractivity contribution is -0.116. The summed E-state index contributed by atoms with van der Waals surface area (Å²) in [6.07, 6.45) is 3.05. The number of nitrogens with one attached hydrogen (secondary N) is 1. The van der Waals surface area contributed by atoms with E-state index in [0.29, 0.717) is 5.92 Å². The van der Waals surface area contributed by atoms with Gasteiger partial charge in [0.15, 0.2) is 0 Å². The minimum absolute atomic E-state index is 0.230. The molecule has 1 amide bonds. The Labute approximate surface area is 188 Å². The molecular weight excluding hydrogens is 402 g/mol. The first kappa shape index (κ1) is 20.7. The van der Waals surface area contributed by atoms with E-state index in [1.165, 1.54) is 22.2 Å². The van der Waals surface area contributed by atoms with Crippen molar-refractivity contribution < 1.29 is 9.53 Å². The van der Waals surface area contributed by atoms with E-state index in [9.17, 15) is 4.79 Å². The summed E-state index contributed by atoms with van der Waals surface area (Å²) in [5, 5.41) is 1.26. The smallest absolute Gasteiger partial charge is 0.236 e. The van der Waals surface area contributed by atoms with Gasteiger partial charge in [-0.3, -0.25) is 9.69 Å². The summed E-state index contributed by atoms with van der Waals surface area (Å²) in [5.74, 6) is 0.893. The number of nitrogens with zero attached hydrogens (tertiary/aromatic N) is 3. The highest BCUT2D eigenvalue weighted by Gasteiger charge is 2.32. The fourth-order valence-electron chi connectivity index (χ4n) is 5.21. The lowest BCUT2D eigenvalue weighted by atomic mass is 9.97. The highest BCUT2D eigenvalue weighted by atomic mass is 16.5. The molecule has 168 valence electrons. The molecule has 32 heavy (non-hydrogen) atoms. The van der Waals surface area contributed by atoms with Crippen LogP contribution in [0.1, 0.15) is 17.9 Å². The molecule has 1 aromatic heterocycles. The number of anilines is 2. The number of piperazine rings is 1. The average Bonchev–Trinajstić information content (AvgIpc) is 3.42. The molecule has 0 bridgehead atoms. The molecule has 5 rings (SSSR count). The summed E-state index contributed by atoms with van der Waals surface area (Å²) in [7, 11) is 1.68. The summed E-state index contributed by atoms with van der Waals surface area (Å²) >= 11 is 0. The van der Waals surface area contributed by atoms with Gasteiger partial charge in [-0.1, -0.05) is 12.1 Å². The highest BCUT2D eigenvalue weighted by molar-refractivity contribution is 5.83. The minimum atomic E-state index is -0.309. The average molecular weight is 434 g/mol. The highest BCUT2D eigenvalue weighted by Crippen LogP contribution is 2.44. The van der Waals surface area contributed by atoms with Crippen molar-refractivity contribution in [3.8, 4) is 5.75 Å². The van der Waals surface area contributed by atoms with Gasteiger partial charge in [0.1, 0.15) is 5.75 Å². The first-order valence-corrected chi connectivity index (χ1v) is 11.4. The number of H-pyrrole nitrogens is 1. The van der Waals surface area contributed by atoms with Crippen LogP contribution in [0.4, 0.5) is 11.4 Å². The summed E-state index contributed by atoms with van der Waals surface area (Å²) in [6, 6.07) is 14.9. The Morgan fingerprint density at radius 3 is 2.78 bits per heavy atom. The number of carbonyl (C=O) groups is 1. The largest absolute Gasteiger partial charge is 0.495 e. The quantitative estimate of drug-likeness (QED) is 0.599. The molecule has 2 aliphatic heterocycles. The topological polar surface area (TPSA) is 77.8 Å². The van der Waals surface area contributed by atoms with Crippen LogP contribution in [0.2, 0.25) is 0 Å². The van der Waals surface area contributed by atoms with E-state index in [1.54, 1.807) is 7.11 Å². The van der Waals surface area contributed by atoms with Crippen LogP contribution in [0.3, 0.4) is 0 Å². The number of benzene rings is 2. The van der Waals surface area contributed by atoms with E-state index in [2.05, 4.69) is 50.0 Å². The monoisotopic (exact) mass is 433 g/mol. The third kappa shape index (κ3) is 4.00. The van der Waals surface area contributed by atoms with E-state index in [1.807, 2.05) is 18.3 Å². The van der Waals surface area contributed by atoms with Crippen molar-refractivity contribution in [1.82, 2.24) is 9.88 Å². The van der Waals surface area contributed by atoms with Crippen LogP contribution in [0, 0.1) is 0 Å². The third-order valence-electron chi connectivity index (χ3n) is 6.86. The van der Waals surface area contributed by atoms with E-state index >= 15 is 0 Å². The van der Waals surface area contributed by atoms with Crippen molar-refractivity contribution in [2.24, 2.45) is 5.73 Å². The van der Waals surface area contributed by atoms with Gasteiger partial charge in [0, 0.05) is 61.4 Å². The fraction of sp³-hybridized carbons (Fsp3) is 0.400. The maximum absolute atomic E-state index is 11.6. The second-order valence-corrected chi connectivity index (χ2v) is 8.81. The molecule has 2 aliphatic rings. The van der Waals surface area contributed by atoms with Gasteiger partial charge in [0.2, 0.25) is 5.91 Å². The zero-order chi connectivity index (χ0) is 22.1. The van der Waals surface area contributed by atoms with Crippen molar-refractivity contribution >= 4 is 28.2 Å². The molecule has 1 unspecified atom stereocenters. The number of rotatable bonds is 7. The van der Waals surface area contributed by atoms with Crippen LogP contribution in [0.25, 0.3) is 10.9 Å². The predicted molar refractivity (Wildman–Crippen MR) is 129 cm³/mol. The first-order chi connectivity index (χ1) is 15.6. The van der Waals surface area contributed by atoms with Gasteiger partial charge < -0.3 is 25.3 Å². The number of carbonyl (C=O) groups excluding carboxylic acids is 1. The number of amides is 1. The van der Waals surface area contributed by atoms with Gasteiger partial charge in [0.05, 0.1) is 19.3 Å². The maximum atomic E-state index is 11.6. The molecule has 3 aromatic rings. The second-order valence-electron chi connectivity index (χ2n) is 8.81. The van der Waals surface area contributed by atoms with E-state index in [0.717, 1.165) is 57.1 Å². The molecule has 0 radical (unpaired) electrons. The van der Waals surface area contributed by atoms with Gasteiger partial charge in [-0.15, -0.1) is 0 Å². The number of fused-ring (bicyclic) bond motifs is 2. The second kappa shape index (κ2) is 8.74. The Morgan fingerprint density at radius 1 is 1.16 bits per heavy atom. The summed E-state index contributed by atoms with van der Waals surface area (Å²) in [4.78, 5) is 22.0. The minimum Gasteiger partial charge on any atom is -0.495 e. The normalized spacial score (nSPS) is 18.8. The number of hydrogen-bond acceptors (Lipinski definition) is 5. The maximum Gasteiger partial charge on any atom is 0.236 e. The predicted octanol–water partition coefficient (Wildman–Crippen LogP) is 2.78. The number of nitrogens with two attached hydrogens (primary N) is 1. The molecule has 3 N–H and O–H groups in total. The number of para-hydroxylation sites is 1. The number of ether oxygens (including phenoxy) is 1. The van der Waals surface area contributed by atoms with Gasteiger partial charge in [-0.05, 0) is 48.9 Å². The van der Waals surface area contributed by atoms with Gasteiger partial charge >= 0.3 is 0 Å². The number of primary amides is 1.